The summed E-state index contributed by atoms with van der Waals surface area (Å²) in [4.78, 5) is 23.1. The van der Waals surface area contributed by atoms with Gasteiger partial charge in [-0.15, -0.1) is 0 Å². The van der Waals surface area contributed by atoms with Crippen molar-refractivity contribution < 1.29 is 9.18 Å². The Morgan fingerprint density at radius 1 is 1.14 bits per heavy atom. The van der Waals surface area contributed by atoms with Crippen molar-refractivity contribution in [3.05, 3.63) is 70.4 Å². The molecule has 0 aliphatic heterocycles. The van der Waals surface area contributed by atoms with Crippen molar-refractivity contribution in [2.24, 2.45) is 0 Å². The molecule has 1 N–H and O–H groups in total. The molecule has 4 nitrogen and oxygen atoms in total. The third-order valence-corrected chi connectivity index (χ3v) is 3.13. The lowest BCUT2D eigenvalue weighted by Gasteiger charge is -2.07. The van der Waals surface area contributed by atoms with E-state index in [4.69, 9.17) is 0 Å². The van der Waals surface area contributed by atoms with Crippen LogP contribution in [-0.2, 0) is 17.8 Å². The van der Waals surface area contributed by atoms with Gasteiger partial charge in [-0.25, -0.2) is 4.39 Å². The average molecular weight is 288 g/mol. The predicted molar refractivity (Wildman–Crippen MR) is 78.4 cm³/mol. The van der Waals surface area contributed by atoms with Crippen molar-refractivity contribution in [1.82, 2.24) is 9.88 Å². The largest absolute Gasteiger partial charge is 0.356 e. The van der Waals surface area contributed by atoms with Gasteiger partial charge in [-0.2, -0.15) is 0 Å². The zero-order chi connectivity index (χ0) is 15.1. The first-order chi connectivity index (χ1) is 10.1. The molecule has 0 saturated heterocycles. The van der Waals surface area contributed by atoms with Crippen LogP contribution in [0.1, 0.15) is 12.0 Å². The van der Waals surface area contributed by atoms with E-state index < -0.39 is 0 Å². The van der Waals surface area contributed by atoms with Crippen LogP contribution in [0.25, 0.3) is 0 Å². The van der Waals surface area contributed by atoms with Gasteiger partial charge in [0.15, 0.2) is 0 Å². The van der Waals surface area contributed by atoms with Crippen LogP contribution in [0.4, 0.5) is 4.39 Å². The SMILES string of the molecule is O=C(CCn1ccccc1=O)NCCc1ccc(F)cc1. The highest BCUT2D eigenvalue weighted by Crippen LogP contribution is 2.02. The van der Waals surface area contributed by atoms with Crippen molar-refractivity contribution >= 4 is 5.91 Å². The highest BCUT2D eigenvalue weighted by Gasteiger charge is 2.02. The van der Waals surface area contributed by atoms with E-state index in [1.54, 1.807) is 30.5 Å². The van der Waals surface area contributed by atoms with E-state index in [-0.39, 0.29) is 23.7 Å². The Kier molecular flexibility index (Phi) is 5.26. The van der Waals surface area contributed by atoms with E-state index in [1.807, 2.05) is 0 Å². The van der Waals surface area contributed by atoms with Gasteiger partial charge in [0, 0.05) is 31.8 Å². The summed E-state index contributed by atoms with van der Waals surface area (Å²) < 4.78 is 14.2. The van der Waals surface area contributed by atoms with Crippen LogP contribution >= 0.6 is 0 Å². The predicted octanol–water partition coefficient (Wildman–Crippen LogP) is 1.74. The maximum absolute atomic E-state index is 12.7. The van der Waals surface area contributed by atoms with Crippen LogP contribution in [0, 0.1) is 5.82 Å². The van der Waals surface area contributed by atoms with E-state index in [1.165, 1.54) is 22.8 Å². The Morgan fingerprint density at radius 2 is 1.90 bits per heavy atom. The fraction of sp³-hybridized carbons (Fsp3) is 0.250. The minimum Gasteiger partial charge on any atom is -0.356 e. The lowest BCUT2D eigenvalue weighted by atomic mass is 10.1. The molecule has 5 heteroatoms. The monoisotopic (exact) mass is 288 g/mol. The van der Waals surface area contributed by atoms with E-state index in [9.17, 15) is 14.0 Å². The highest BCUT2D eigenvalue weighted by molar-refractivity contribution is 5.75. The smallest absolute Gasteiger partial charge is 0.250 e. The number of nitrogens with one attached hydrogen (secondary N) is 1. The molecule has 0 bridgehead atoms. The molecule has 2 aromatic rings. The molecule has 21 heavy (non-hydrogen) atoms. The van der Waals surface area contributed by atoms with Crippen LogP contribution in [-0.4, -0.2) is 17.0 Å². The number of hydrogen-bond donors (Lipinski definition) is 1. The van der Waals surface area contributed by atoms with Gasteiger partial charge in [0.25, 0.3) is 5.56 Å². The average Bonchev–Trinajstić information content (AvgIpc) is 2.48. The summed E-state index contributed by atoms with van der Waals surface area (Å²) in [7, 11) is 0. The van der Waals surface area contributed by atoms with Crippen molar-refractivity contribution in [1.29, 1.82) is 0 Å². The molecule has 0 atom stereocenters. The zero-order valence-corrected chi connectivity index (χ0v) is 11.6. The van der Waals surface area contributed by atoms with E-state index in [0.717, 1.165) is 5.56 Å². The van der Waals surface area contributed by atoms with Gasteiger partial charge in [0.05, 0.1) is 0 Å². The first-order valence-corrected chi connectivity index (χ1v) is 6.82. The van der Waals surface area contributed by atoms with Crippen molar-refractivity contribution in [2.45, 2.75) is 19.4 Å². The van der Waals surface area contributed by atoms with Crippen molar-refractivity contribution in [3.63, 3.8) is 0 Å². The minimum atomic E-state index is -0.268. The third kappa shape index (κ3) is 4.87. The summed E-state index contributed by atoms with van der Waals surface area (Å²) in [5.41, 5.74) is 0.854. The number of hydrogen-bond acceptors (Lipinski definition) is 2. The minimum absolute atomic E-state index is 0.104. The maximum atomic E-state index is 12.7. The van der Waals surface area contributed by atoms with Gasteiger partial charge in [0.2, 0.25) is 5.91 Å². The molecule has 0 aliphatic rings. The van der Waals surface area contributed by atoms with Gasteiger partial charge in [-0.1, -0.05) is 18.2 Å². The molecule has 0 unspecified atom stereocenters. The van der Waals surface area contributed by atoms with Crippen LogP contribution in [0.15, 0.2) is 53.5 Å². The van der Waals surface area contributed by atoms with Gasteiger partial charge in [0.1, 0.15) is 5.82 Å². The maximum Gasteiger partial charge on any atom is 0.250 e. The fourth-order valence-electron chi connectivity index (χ4n) is 1.95. The number of aryl methyl sites for hydroxylation is 1. The molecule has 0 saturated carbocycles. The van der Waals surface area contributed by atoms with Crippen molar-refractivity contribution in [3.8, 4) is 0 Å². The lowest BCUT2D eigenvalue weighted by Crippen LogP contribution is -2.28. The number of carbonyl (C=O) groups is 1. The molecular formula is C16H17FN2O2. The van der Waals surface area contributed by atoms with Crippen LogP contribution in [0.3, 0.4) is 0 Å². The van der Waals surface area contributed by atoms with Crippen molar-refractivity contribution in [2.75, 3.05) is 6.54 Å². The van der Waals surface area contributed by atoms with Gasteiger partial charge in [-0.3, -0.25) is 9.59 Å². The summed E-state index contributed by atoms with van der Waals surface area (Å²) in [5, 5.41) is 2.79. The number of rotatable bonds is 6. The Balaban J connectivity index is 1.72. The molecule has 0 aliphatic carbocycles. The second kappa shape index (κ2) is 7.38. The van der Waals surface area contributed by atoms with E-state index >= 15 is 0 Å². The molecule has 0 radical (unpaired) electrons. The first-order valence-electron chi connectivity index (χ1n) is 6.82. The molecular weight excluding hydrogens is 271 g/mol. The number of aromatic nitrogens is 1. The normalized spacial score (nSPS) is 10.3. The highest BCUT2D eigenvalue weighted by atomic mass is 19.1. The third-order valence-electron chi connectivity index (χ3n) is 3.13. The Bertz CT molecular complexity index is 650. The van der Waals surface area contributed by atoms with Crippen LogP contribution < -0.4 is 10.9 Å². The summed E-state index contributed by atoms with van der Waals surface area (Å²) in [5.74, 6) is -0.371. The molecule has 0 fully saturated rings. The van der Waals surface area contributed by atoms with E-state index in [2.05, 4.69) is 5.32 Å². The fourth-order valence-corrected chi connectivity index (χ4v) is 1.95. The zero-order valence-electron chi connectivity index (χ0n) is 11.6. The molecule has 1 heterocycles. The number of amides is 1. The summed E-state index contributed by atoms with van der Waals surface area (Å²) in [6.45, 7) is 0.857. The standard InChI is InChI=1S/C16H17FN2O2/c17-14-6-4-13(5-7-14)8-10-18-15(20)9-12-19-11-2-1-3-16(19)21/h1-7,11H,8-10,12H2,(H,18,20). The quantitative estimate of drug-likeness (QED) is 0.880. The molecule has 110 valence electrons. The number of benzene rings is 1. The summed E-state index contributed by atoms with van der Waals surface area (Å²) in [6.07, 6.45) is 2.57. The summed E-state index contributed by atoms with van der Waals surface area (Å²) >= 11 is 0. The van der Waals surface area contributed by atoms with E-state index in [0.29, 0.717) is 19.5 Å². The van der Waals surface area contributed by atoms with Gasteiger partial charge < -0.3 is 9.88 Å². The lowest BCUT2D eigenvalue weighted by molar-refractivity contribution is -0.121. The molecule has 1 aromatic heterocycles. The summed E-state index contributed by atoms with van der Waals surface area (Å²) in [6, 6.07) is 11.1. The second-order valence-electron chi connectivity index (χ2n) is 4.71. The molecule has 2 rings (SSSR count). The Morgan fingerprint density at radius 3 is 2.62 bits per heavy atom. The second-order valence-corrected chi connectivity index (χ2v) is 4.71. The molecule has 0 spiro atoms. The number of pyridine rings is 1. The van der Waals surface area contributed by atoms with Gasteiger partial charge >= 0.3 is 0 Å². The molecule has 1 aromatic carbocycles. The number of carbonyl (C=O) groups excluding carboxylic acids is 1. The van der Waals surface area contributed by atoms with Gasteiger partial charge in [-0.05, 0) is 30.2 Å². The number of nitrogens with zero attached hydrogens (tertiary/aromatic N) is 1. The topological polar surface area (TPSA) is 51.1 Å². The Hall–Kier alpha value is -2.43. The number of halogens is 1. The first kappa shape index (κ1) is 15.0. The molecule has 1 amide bonds. The van der Waals surface area contributed by atoms with Crippen LogP contribution in [0.2, 0.25) is 0 Å². The van der Waals surface area contributed by atoms with Crippen LogP contribution in [0.5, 0.6) is 0 Å². The Labute approximate surface area is 122 Å².